The summed E-state index contributed by atoms with van der Waals surface area (Å²) in [4.78, 5) is 23.7. The molecule has 19 heavy (non-hydrogen) atoms. The summed E-state index contributed by atoms with van der Waals surface area (Å²) < 4.78 is 0. The van der Waals surface area contributed by atoms with Crippen LogP contribution >= 0.6 is 0 Å². The van der Waals surface area contributed by atoms with Crippen molar-refractivity contribution >= 4 is 17.4 Å². The molecule has 4 nitrogen and oxygen atoms in total. The summed E-state index contributed by atoms with van der Waals surface area (Å²) in [5.41, 5.74) is 2.65. The summed E-state index contributed by atoms with van der Waals surface area (Å²) in [6.45, 7) is 2.72. The van der Waals surface area contributed by atoms with E-state index in [2.05, 4.69) is 10.6 Å². The first-order valence-corrected chi connectivity index (χ1v) is 6.77. The molecule has 1 aromatic rings. The average Bonchev–Trinajstić information content (AvgIpc) is 2.43. The zero-order valence-corrected chi connectivity index (χ0v) is 11.5. The summed E-state index contributed by atoms with van der Waals surface area (Å²) in [5.74, 6) is 0.242. The van der Waals surface area contributed by atoms with Crippen LogP contribution in [0.25, 0.3) is 0 Å². The fraction of sp³-hybridized carbons (Fsp3) is 0.467. The van der Waals surface area contributed by atoms with Gasteiger partial charge in [0, 0.05) is 30.1 Å². The minimum absolute atomic E-state index is 0.0150. The number of anilines is 1. The molecule has 1 amide bonds. The van der Waals surface area contributed by atoms with E-state index in [0.717, 1.165) is 23.2 Å². The van der Waals surface area contributed by atoms with Crippen molar-refractivity contribution in [1.82, 2.24) is 5.32 Å². The van der Waals surface area contributed by atoms with Crippen molar-refractivity contribution in [3.63, 3.8) is 0 Å². The van der Waals surface area contributed by atoms with Gasteiger partial charge >= 0.3 is 0 Å². The molecule has 102 valence electrons. The SMILES string of the molecule is CCC(CNC)C(=O)c1ccc2c(c1)CCC(=O)N2. The fourth-order valence-corrected chi connectivity index (χ4v) is 2.44. The molecule has 0 bridgehead atoms. The average molecular weight is 260 g/mol. The molecule has 1 aromatic carbocycles. The number of Topliss-reactive ketones (excluding diaryl/α,β-unsaturated/α-hetero) is 1. The summed E-state index contributed by atoms with van der Waals surface area (Å²) >= 11 is 0. The van der Waals surface area contributed by atoms with Crippen molar-refractivity contribution in [3.8, 4) is 0 Å². The van der Waals surface area contributed by atoms with Gasteiger partial charge in [0.2, 0.25) is 5.91 Å². The van der Waals surface area contributed by atoms with Crippen molar-refractivity contribution in [2.45, 2.75) is 26.2 Å². The van der Waals surface area contributed by atoms with Gasteiger partial charge in [-0.25, -0.2) is 0 Å². The molecule has 1 aliphatic rings. The molecule has 1 atom stereocenters. The lowest BCUT2D eigenvalue weighted by Gasteiger charge is -2.19. The zero-order valence-electron chi connectivity index (χ0n) is 11.5. The number of fused-ring (bicyclic) bond motifs is 1. The van der Waals surface area contributed by atoms with Crippen molar-refractivity contribution in [1.29, 1.82) is 0 Å². The molecule has 2 rings (SSSR count). The van der Waals surface area contributed by atoms with E-state index >= 15 is 0 Å². The van der Waals surface area contributed by atoms with Crippen LogP contribution < -0.4 is 10.6 Å². The normalized spacial score (nSPS) is 15.6. The highest BCUT2D eigenvalue weighted by molar-refractivity contribution is 6.00. The summed E-state index contributed by atoms with van der Waals surface area (Å²) in [6, 6.07) is 5.58. The molecule has 0 radical (unpaired) electrons. The van der Waals surface area contributed by atoms with Gasteiger partial charge in [-0.3, -0.25) is 9.59 Å². The largest absolute Gasteiger partial charge is 0.326 e. The van der Waals surface area contributed by atoms with Gasteiger partial charge in [0.15, 0.2) is 5.78 Å². The lowest BCUT2D eigenvalue weighted by Crippen LogP contribution is -2.26. The molecule has 2 N–H and O–H groups in total. The van der Waals surface area contributed by atoms with Crippen molar-refractivity contribution in [2.75, 3.05) is 18.9 Å². The molecule has 1 aliphatic heterocycles. The number of aryl methyl sites for hydroxylation is 1. The smallest absolute Gasteiger partial charge is 0.224 e. The second kappa shape index (κ2) is 5.97. The molecule has 4 heteroatoms. The Hall–Kier alpha value is -1.68. The molecule has 0 aliphatic carbocycles. The summed E-state index contributed by atoms with van der Waals surface area (Å²) in [7, 11) is 1.86. The Bertz CT molecular complexity index is 497. The highest BCUT2D eigenvalue weighted by Crippen LogP contribution is 2.25. The van der Waals surface area contributed by atoms with Crippen LogP contribution in [0.2, 0.25) is 0 Å². The van der Waals surface area contributed by atoms with Gasteiger partial charge < -0.3 is 10.6 Å². The third-order valence-electron chi connectivity index (χ3n) is 3.60. The Morgan fingerprint density at radius 3 is 2.89 bits per heavy atom. The molecule has 0 saturated heterocycles. The van der Waals surface area contributed by atoms with Crippen LogP contribution in [-0.4, -0.2) is 25.3 Å². The van der Waals surface area contributed by atoms with E-state index in [4.69, 9.17) is 0 Å². The maximum Gasteiger partial charge on any atom is 0.224 e. The van der Waals surface area contributed by atoms with Gasteiger partial charge in [-0.1, -0.05) is 6.92 Å². The quantitative estimate of drug-likeness (QED) is 0.796. The lowest BCUT2D eigenvalue weighted by atomic mass is 9.92. The fourth-order valence-electron chi connectivity index (χ4n) is 2.44. The number of carbonyl (C=O) groups is 2. The van der Waals surface area contributed by atoms with Gasteiger partial charge in [0.25, 0.3) is 0 Å². The van der Waals surface area contributed by atoms with Crippen LogP contribution in [0.15, 0.2) is 18.2 Å². The predicted octanol–water partition coefficient (Wildman–Crippen LogP) is 2.00. The number of rotatable bonds is 5. The maximum absolute atomic E-state index is 12.4. The van der Waals surface area contributed by atoms with Gasteiger partial charge in [-0.15, -0.1) is 0 Å². The van der Waals surface area contributed by atoms with Crippen LogP contribution in [0, 0.1) is 5.92 Å². The number of carbonyl (C=O) groups excluding carboxylic acids is 2. The monoisotopic (exact) mass is 260 g/mol. The van der Waals surface area contributed by atoms with E-state index in [9.17, 15) is 9.59 Å². The molecule has 1 unspecified atom stereocenters. The Morgan fingerprint density at radius 1 is 1.42 bits per heavy atom. The standard InChI is InChI=1S/C15H20N2O2/c1-3-10(9-16-2)15(19)12-4-6-13-11(8-12)5-7-14(18)17-13/h4,6,8,10,16H,3,5,7,9H2,1-2H3,(H,17,18). The Labute approximate surface area is 113 Å². The van der Waals surface area contributed by atoms with Crippen LogP contribution in [0.4, 0.5) is 5.69 Å². The third kappa shape index (κ3) is 3.01. The molecule has 1 heterocycles. The predicted molar refractivity (Wildman–Crippen MR) is 75.4 cm³/mol. The maximum atomic E-state index is 12.4. The second-order valence-corrected chi connectivity index (χ2v) is 4.95. The summed E-state index contributed by atoms with van der Waals surface area (Å²) in [5, 5.41) is 5.89. The summed E-state index contributed by atoms with van der Waals surface area (Å²) in [6.07, 6.45) is 2.04. The number of benzene rings is 1. The van der Waals surface area contributed by atoms with E-state index < -0.39 is 0 Å². The minimum atomic E-state index is 0.0150. The van der Waals surface area contributed by atoms with Crippen LogP contribution in [0.5, 0.6) is 0 Å². The number of hydrogen-bond acceptors (Lipinski definition) is 3. The van der Waals surface area contributed by atoms with E-state index in [1.54, 1.807) is 0 Å². The van der Waals surface area contributed by atoms with E-state index in [1.807, 2.05) is 32.2 Å². The first-order valence-electron chi connectivity index (χ1n) is 6.77. The van der Waals surface area contributed by atoms with Gasteiger partial charge in [0.05, 0.1) is 0 Å². The third-order valence-corrected chi connectivity index (χ3v) is 3.60. The lowest BCUT2D eigenvalue weighted by molar-refractivity contribution is -0.116. The van der Waals surface area contributed by atoms with E-state index in [1.165, 1.54) is 0 Å². The van der Waals surface area contributed by atoms with Crippen molar-refractivity contribution in [3.05, 3.63) is 29.3 Å². The number of amides is 1. The van der Waals surface area contributed by atoms with E-state index in [-0.39, 0.29) is 17.6 Å². The van der Waals surface area contributed by atoms with Gasteiger partial charge in [-0.05, 0) is 43.7 Å². The topological polar surface area (TPSA) is 58.2 Å². The highest BCUT2D eigenvalue weighted by atomic mass is 16.1. The Morgan fingerprint density at radius 2 is 2.21 bits per heavy atom. The minimum Gasteiger partial charge on any atom is -0.326 e. The van der Waals surface area contributed by atoms with E-state index in [0.29, 0.717) is 19.4 Å². The Balaban J connectivity index is 2.22. The van der Waals surface area contributed by atoms with Crippen molar-refractivity contribution in [2.24, 2.45) is 5.92 Å². The molecule has 0 saturated carbocycles. The number of ketones is 1. The molecule has 0 fully saturated rings. The second-order valence-electron chi connectivity index (χ2n) is 4.95. The van der Waals surface area contributed by atoms with Gasteiger partial charge in [-0.2, -0.15) is 0 Å². The number of nitrogens with one attached hydrogen (secondary N) is 2. The van der Waals surface area contributed by atoms with Crippen LogP contribution in [0.3, 0.4) is 0 Å². The van der Waals surface area contributed by atoms with Crippen LogP contribution in [-0.2, 0) is 11.2 Å². The Kier molecular flexibility index (Phi) is 4.32. The molecular weight excluding hydrogens is 240 g/mol. The van der Waals surface area contributed by atoms with Crippen LogP contribution in [0.1, 0.15) is 35.7 Å². The number of hydrogen-bond donors (Lipinski definition) is 2. The van der Waals surface area contributed by atoms with Gasteiger partial charge in [0.1, 0.15) is 0 Å². The zero-order chi connectivity index (χ0) is 13.8. The molecule has 0 spiro atoms. The first kappa shape index (κ1) is 13.7. The molecular formula is C15H20N2O2. The van der Waals surface area contributed by atoms with Crippen molar-refractivity contribution < 1.29 is 9.59 Å². The first-order chi connectivity index (χ1) is 9.15. The molecule has 0 aromatic heterocycles. The highest BCUT2D eigenvalue weighted by Gasteiger charge is 2.20.